The molecule has 1 aliphatic rings. The molecule has 0 amide bonds. The Morgan fingerprint density at radius 1 is 1.35 bits per heavy atom. The summed E-state index contributed by atoms with van der Waals surface area (Å²) in [5, 5.41) is 44.1. The van der Waals surface area contributed by atoms with Gasteiger partial charge in [-0.25, -0.2) is 4.68 Å². The minimum absolute atomic E-state index is 0.0183. The van der Waals surface area contributed by atoms with Crippen LogP contribution in [0.25, 0.3) is 11.6 Å². The standard InChI is InChI=1S/C20H22N8O3/c1-25-4-6-26(7-5-25)17-3-2-14(11-18(17)28(30)31)10-15(12-21)19-16(13-22)20(23)27(24-19)8-9-29/h2-3,10-11,29H,4-9,23H2,1H3/b15-10-. The fourth-order valence-electron chi connectivity index (χ4n) is 3.45. The van der Waals surface area contributed by atoms with Gasteiger partial charge >= 0.3 is 0 Å². The number of benzene rings is 1. The number of aliphatic hydroxyl groups is 1. The molecule has 0 spiro atoms. The number of allylic oxidation sites excluding steroid dienone is 1. The first-order chi connectivity index (χ1) is 14.9. The number of aliphatic hydroxyl groups excluding tert-OH is 1. The predicted molar refractivity (Wildman–Crippen MR) is 115 cm³/mol. The summed E-state index contributed by atoms with van der Waals surface area (Å²) in [4.78, 5) is 15.4. The summed E-state index contributed by atoms with van der Waals surface area (Å²) in [6.07, 6.45) is 1.44. The quantitative estimate of drug-likeness (QED) is 0.394. The first kappa shape index (κ1) is 21.8. The number of piperazine rings is 1. The maximum absolute atomic E-state index is 11.7. The van der Waals surface area contributed by atoms with Crippen LogP contribution < -0.4 is 10.6 Å². The maximum atomic E-state index is 11.7. The van der Waals surface area contributed by atoms with Gasteiger partial charge in [0.15, 0.2) is 0 Å². The van der Waals surface area contributed by atoms with Crippen molar-refractivity contribution in [3.63, 3.8) is 0 Å². The highest BCUT2D eigenvalue weighted by atomic mass is 16.6. The lowest BCUT2D eigenvalue weighted by Gasteiger charge is -2.33. The van der Waals surface area contributed by atoms with Crippen molar-refractivity contribution in [2.75, 3.05) is 50.5 Å². The molecule has 3 N–H and O–H groups in total. The number of likely N-dealkylation sites (N-methyl/N-ethyl adjacent to an activating group) is 1. The second-order valence-corrected chi connectivity index (χ2v) is 7.13. The Balaban J connectivity index is 2.02. The van der Waals surface area contributed by atoms with E-state index in [0.717, 1.165) is 13.1 Å². The zero-order valence-corrected chi connectivity index (χ0v) is 17.0. The van der Waals surface area contributed by atoms with Crippen LogP contribution in [-0.2, 0) is 6.54 Å². The van der Waals surface area contributed by atoms with Gasteiger partial charge in [-0.15, -0.1) is 0 Å². The van der Waals surface area contributed by atoms with Gasteiger partial charge < -0.3 is 20.6 Å². The Morgan fingerprint density at radius 3 is 2.65 bits per heavy atom. The summed E-state index contributed by atoms with van der Waals surface area (Å²) in [7, 11) is 2.01. The number of nitro benzene ring substituents is 1. The third kappa shape index (κ3) is 4.48. The molecular weight excluding hydrogens is 400 g/mol. The Bertz CT molecular complexity index is 1100. The molecule has 1 aliphatic heterocycles. The molecule has 2 heterocycles. The van der Waals surface area contributed by atoms with Crippen molar-refractivity contribution >= 4 is 28.8 Å². The first-order valence-electron chi connectivity index (χ1n) is 9.61. The lowest BCUT2D eigenvalue weighted by molar-refractivity contribution is -0.384. The van der Waals surface area contributed by atoms with E-state index in [1.807, 2.05) is 24.1 Å². The number of aromatic nitrogens is 2. The summed E-state index contributed by atoms with van der Waals surface area (Å²) in [5.41, 5.74) is 6.93. The highest BCUT2D eigenvalue weighted by Gasteiger charge is 2.24. The molecule has 3 rings (SSSR count). The molecule has 0 radical (unpaired) electrons. The molecule has 0 saturated carbocycles. The van der Waals surface area contributed by atoms with Crippen molar-refractivity contribution in [3.8, 4) is 12.1 Å². The van der Waals surface area contributed by atoms with Gasteiger partial charge in [-0.05, 0) is 24.8 Å². The normalized spacial score (nSPS) is 14.8. The van der Waals surface area contributed by atoms with Gasteiger partial charge in [0, 0.05) is 32.2 Å². The zero-order chi connectivity index (χ0) is 22.5. The van der Waals surface area contributed by atoms with Crippen LogP contribution in [-0.4, -0.2) is 64.5 Å². The fourth-order valence-corrected chi connectivity index (χ4v) is 3.45. The van der Waals surface area contributed by atoms with Gasteiger partial charge in [0.25, 0.3) is 5.69 Å². The Labute approximate surface area is 179 Å². The van der Waals surface area contributed by atoms with E-state index in [2.05, 4.69) is 10.00 Å². The Hall–Kier alpha value is -3.93. The maximum Gasteiger partial charge on any atom is 0.293 e. The number of rotatable bonds is 6. The van der Waals surface area contributed by atoms with Crippen LogP contribution in [0, 0.1) is 32.8 Å². The smallest absolute Gasteiger partial charge is 0.293 e. The summed E-state index contributed by atoms with van der Waals surface area (Å²) < 4.78 is 1.25. The van der Waals surface area contributed by atoms with Crippen molar-refractivity contribution in [1.29, 1.82) is 10.5 Å². The highest BCUT2D eigenvalue weighted by Crippen LogP contribution is 2.32. The lowest BCUT2D eigenvalue weighted by atomic mass is 10.0. The molecule has 0 atom stereocenters. The van der Waals surface area contributed by atoms with Crippen LogP contribution in [0.15, 0.2) is 18.2 Å². The number of nitrogens with zero attached hydrogens (tertiary/aromatic N) is 7. The van der Waals surface area contributed by atoms with E-state index in [0.29, 0.717) is 24.3 Å². The second-order valence-electron chi connectivity index (χ2n) is 7.13. The van der Waals surface area contributed by atoms with Crippen molar-refractivity contribution in [2.24, 2.45) is 0 Å². The van der Waals surface area contributed by atoms with E-state index < -0.39 is 4.92 Å². The molecular formula is C20H22N8O3. The van der Waals surface area contributed by atoms with Crippen LogP contribution in [0.5, 0.6) is 0 Å². The summed E-state index contributed by atoms with van der Waals surface area (Å²) in [6.45, 7) is 2.83. The largest absolute Gasteiger partial charge is 0.394 e. The summed E-state index contributed by atoms with van der Waals surface area (Å²) >= 11 is 0. The number of nitrogen functional groups attached to an aromatic ring is 1. The predicted octanol–water partition coefficient (Wildman–Crippen LogP) is 1.05. The fraction of sp³-hybridized carbons (Fsp3) is 0.350. The van der Waals surface area contributed by atoms with Gasteiger partial charge in [-0.1, -0.05) is 6.07 Å². The molecule has 31 heavy (non-hydrogen) atoms. The third-order valence-corrected chi connectivity index (χ3v) is 5.14. The molecule has 0 unspecified atom stereocenters. The molecule has 1 aromatic heterocycles. The molecule has 0 bridgehead atoms. The average Bonchev–Trinajstić information content (AvgIpc) is 3.08. The minimum atomic E-state index is -0.439. The summed E-state index contributed by atoms with van der Waals surface area (Å²) in [5.74, 6) is 0.0455. The van der Waals surface area contributed by atoms with E-state index in [1.54, 1.807) is 12.1 Å². The molecule has 160 valence electrons. The number of nitriles is 2. The second kappa shape index (κ2) is 9.26. The third-order valence-electron chi connectivity index (χ3n) is 5.14. The van der Waals surface area contributed by atoms with Gasteiger partial charge in [0.2, 0.25) is 0 Å². The van der Waals surface area contributed by atoms with E-state index in [-0.39, 0.29) is 41.5 Å². The Morgan fingerprint density at radius 2 is 2.06 bits per heavy atom. The first-order valence-corrected chi connectivity index (χ1v) is 9.61. The van der Waals surface area contributed by atoms with Crippen LogP contribution in [0.4, 0.5) is 17.2 Å². The van der Waals surface area contributed by atoms with E-state index in [4.69, 9.17) is 10.8 Å². The SMILES string of the molecule is CN1CCN(c2ccc(/C=C(/C#N)c3nn(CCO)c(N)c3C#N)cc2[N+](=O)[O-])CC1. The Kier molecular flexibility index (Phi) is 6.50. The van der Waals surface area contributed by atoms with E-state index in [9.17, 15) is 20.6 Å². The molecule has 11 heteroatoms. The number of nitro groups is 1. The van der Waals surface area contributed by atoms with Crippen LogP contribution >= 0.6 is 0 Å². The van der Waals surface area contributed by atoms with Gasteiger partial charge in [-0.3, -0.25) is 10.1 Å². The number of anilines is 2. The molecule has 2 aromatic rings. The number of hydrogen-bond donors (Lipinski definition) is 2. The monoisotopic (exact) mass is 422 g/mol. The molecule has 0 aliphatic carbocycles. The van der Waals surface area contributed by atoms with E-state index >= 15 is 0 Å². The van der Waals surface area contributed by atoms with Crippen LogP contribution in [0.1, 0.15) is 16.8 Å². The van der Waals surface area contributed by atoms with Crippen molar-refractivity contribution in [1.82, 2.24) is 14.7 Å². The van der Waals surface area contributed by atoms with Crippen LogP contribution in [0.3, 0.4) is 0 Å². The van der Waals surface area contributed by atoms with E-state index in [1.165, 1.54) is 16.8 Å². The lowest BCUT2D eigenvalue weighted by Crippen LogP contribution is -2.44. The van der Waals surface area contributed by atoms with Crippen molar-refractivity contribution < 1.29 is 10.0 Å². The number of nitrogens with two attached hydrogens (primary N) is 1. The molecule has 11 nitrogen and oxygen atoms in total. The minimum Gasteiger partial charge on any atom is -0.394 e. The zero-order valence-electron chi connectivity index (χ0n) is 17.0. The van der Waals surface area contributed by atoms with Gasteiger partial charge in [-0.2, -0.15) is 15.6 Å². The molecule has 1 aromatic carbocycles. The van der Waals surface area contributed by atoms with Crippen molar-refractivity contribution in [3.05, 3.63) is 45.1 Å². The number of hydrogen-bond acceptors (Lipinski definition) is 9. The summed E-state index contributed by atoms with van der Waals surface area (Å²) in [6, 6.07) is 8.69. The van der Waals surface area contributed by atoms with Gasteiger partial charge in [0.05, 0.1) is 23.6 Å². The van der Waals surface area contributed by atoms with Gasteiger partial charge in [0.1, 0.15) is 34.9 Å². The topological polar surface area (TPSA) is 161 Å². The van der Waals surface area contributed by atoms with Crippen molar-refractivity contribution in [2.45, 2.75) is 6.54 Å². The molecule has 1 fully saturated rings. The van der Waals surface area contributed by atoms with Crippen LogP contribution in [0.2, 0.25) is 0 Å². The highest BCUT2D eigenvalue weighted by molar-refractivity contribution is 5.92. The molecule has 1 saturated heterocycles. The average molecular weight is 422 g/mol.